The van der Waals surface area contributed by atoms with Crippen LogP contribution >= 0.6 is 11.3 Å². The topological polar surface area (TPSA) is 116 Å². The van der Waals surface area contributed by atoms with Gasteiger partial charge in [-0.1, -0.05) is 32.3 Å². The van der Waals surface area contributed by atoms with E-state index in [2.05, 4.69) is 5.32 Å². The Balaban J connectivity index is 1.62. The van der Waals surface area contributed by atoms with Crippen LogP contribution in [0.5, 0.6) is 5.75 Å². The molecule has 4 rings (SSSR count). The lowest BCUT2D eigenvalue weighted by Gasteiger charge is -2.38. The number of ether oxygens (including phenoxy) is 1. The van der Waals surface area contributed by atoms with Gasteiger partial charge in [-0.2, -0.15) is 4.31 Å². The SMILES string of the molecule is C[C@@H]1CN([C@H](C)CO)C(=O)c2cc(NC(=O)C3CCCCC3)ccc2O[C@@H]1CN(C)S(=O)(=O)c1cccs1. The molecule has 0 bridgehead atoms. The fraction of sp³-hybridized carbons (Fsp3) is 0.556. The predicted molar refractivity (Wildman–Crippen MR) is 147 cm³/mol. The number of likely N-dealkylation sites (N-methyl/N-ethyl adjacent to an activating group) is 1. The quantitative estimate of drug-likeness (QED) is 0.505. The van der Waals surface area contributed by atoms with Gasteiger partial charge in [-0.15, -0.1) is 11.3 Å². The van der Waals surface area contributed by atoms with E-state index < -0.39 is 22.2 Å². The third-order valence-corrected chi connectivity index (χ3v) is 10.7. The zero-order valence-electron chi connectivity index (χ0n) is 22.1. The smallest absolute Gasteiger partial charge is 0.258 e. The number of sulfonamides is 1. The number of carbonyl (C=O) groups excluding carboxylic acids is 2. The molecule has 11 heteroatoms. The van der Waals surface area contributed by atoms with Crippen molar-refractivity contribution in [2.45, 2.75) is 62.3 Å². The minimum absolute atomic E-state index is 0.0327. The number of hydrogen-bond acceptors (Lipinski definition) is 7. The first-order chi connectivity index (χ1) is 18.1. The summed E-state index contributed by atoms with van der Waals surface area (Å²) >= 11 is 1.16. The molecule has 208 valence electrons. The lowest BCUT2D eigenvalue weighted by atomic mass is 9.88. The maximum absolute atomic E-state index is 13.6. The normalized spacial score (nSPS) is 21.8. The number of nitrogens with one attached hydrogen (secondary N) is 1. The highest BCUT2D eigenvalue weighted by molar-refractivity contribution is 7.91. The maximum atomic E-state index is 13.6. The minimum atomic E-state index is -3.69. The molecule has 1 aromatic carbocycles. The Labute approximate surface area is 228 Å². The summed E-state index contributed by atoms with van der Waals surface area (Å²) in [6, 6.07) is 7.80. The molecular weight excluding hydrogens is 526 g/mol. The Bertz CT molecular complexity index is 1230. The van der Waals surface area contributed by atoms with E-state index in [4.69, 9.17) is 4.74 Å². The van der Waals surface area contributed by atoms with Crippen LogP contribution < -0.4 is 10.1 Å². The van der Waals surface area contributed by atoms with Crippen molar-refractivity contribution in [2.75, 3.05) is 32.1 Å². The molecule has 1 aromatic heterocycles. The van der Waals surface area contributed by atoms with Crippen molar-refractivity contribution < 1.29 is 27.9 Å². The molecule has 2 aliphatic rings. The van der Waals surface area contributed by atoms with Crippen LogP contribution in [0.3, 0.4) is 0 Å². The van der Waals surface area contributed by atoms with Crippen molar-refractivity contribution in [3.05, 3.63) is 41.3 Å². The van der Waals surface area contributed by atoms with Gasteiger partial charge in [0.25, 0.3) is 15.9 Å². The van der Waals surface area contributed by atoms with Crippen molar-refractivity contribution >= 4 is 38.9 Å². The molecule has 1 saturated carbocycles. The van der Waals surface area contributed by atoms with Crippen LogP contribution in [-0.2, 0) is 14.8 Å². The molecule has 3 atom stereocenters. The number of carbonyl (C=O) groups is 2. The molecule has 2 heterocycles. The van der Waals surface area contributed by atoms with Crippen LogP contribution in [0.1, 0.15) is 56.3 Å². The summed E-state index contributed by atoms with van der Waals surface area (Å²) in [6.07, 6.45) is 4.40. The average Bonchev–Trinajstić information content (AvgIpc) is 3.47. The molecule has 2 amide bonds. The number of nitrogens with zero attached hydrogens (tertiary/aromatic N) is 2. The summed E-state index contributed by atoms with van der Waals surface area (Å²) in [7, 11) is -2.17. The second-order valence-electron chi connectivity index (χ2n) is 10.4. The van der Waals surface area contributed by atoms with Gasteiger partial charge >= 0.3 is 0 Å². The molecule has 0 radical (unpaired) electrons. The van der Waals surface area contributed by atoms with Gasteiger partial charge in [0, 0.05) is 31.1 Å². The van der Waals surface area contributed by atoms with Gasteiger partial charge < -0.3 is 20.1 Å². The number of aliphatic hydroxyl groups excluding tert-OH is 1. The fourth-order valence-corrected chi connectivity index (χ4v) is 7.43. The van der Waals surface area contributed by atoms with Gasteiger partial charge in [-0.3, -0.25) is 9.59 Å². The molecule has 0 unspecified atom stereocenters. The number of anilines is 1. The van der Waals surface area contributed by atoms with Crippen molar-refractivity contribution in [1.82, 2.24) is 9.21 Å². The summed E-state index contributed by atoms with van der Waals surface area (Å²) in [6.45, 7) is 3.81. The Morgan fingerprint density at radius 3 is 2.66 bits per heavy atom. The van der Waals surface area contributed by atoms with E-state index in [1.807, 2.05) is 6.92 Å². The van der Waals surface area contributed by atoms with Crippen LogP contribution in [0.25, 0.3) is 0 Å². The van der Waals surface area contributed by atoms with Crippen LogP contribution in [0.2, 0.25) is 0 Å². The van der Waals surface area contributed by atoms with Crippen molar-refractivity contribution in [3.63, 3.8) is 0 Å². The van der Waals surface area contributed by atoms with E-state index in [0.717, 1.165) is 43.4 Å². The van der Waals surface area contributed by atoms with Crippen molar-refractivity contribution in [3.8, 4) is 5.75 Å². The summed E-state index contributed by atoms with van der Waals surface area (Å²) in [5.74, 6) is -0.293. The van der Waals surface area contributed by atoms with Crippen LogP contribution in [0.4, 0.5) is 5.69 Å². The van der Waals surface area contributed by atoms with Gasteiger partial charge in [0.1, 0.15) is 16.1 Å². The highest BCUT2D eigenvalue weighted by Gasteiger charge is 2.35. The van der Waals surface area contributed by atoms with Crippen molar-refractivity contribution in [1.29, 1.82) is 0 Å². The number of fused-ring (bicyclic) bond motifs is 1. The van der Waals surface area contributed by atoms with Crippen LogP contribution in [0.15, 0.2) is 39.9 Å². The summed E-state index contributed by atoms with van der Waals surface area (Å²) in [4.78, 5) is 28.1. The van der Waals surface area contributed by atoms with E-state index >= 15 is 0 Å². The second-order valence-corrected chi connectivity index (χ2v) is 13.6. The first kappa shape index (κ1) is 28.5. The third-order valence-electron chi connectivity index (χ3n) is 7.50. The second kappa shape index (κ2) is 12.1. The van der Waals surface area contributed by atoms with Gasteiger partial charge in [0.15, 0.2) is 0 Å². The first-order valence-corrected chi connectivity index (χ1v) is 15.5. The molecule has 2 N–H and O–H groups in total. The van der Waals surface area contributed by atoms with Crippen LogP contribution in [0, 0.1) is 11.8 Å². The van der Waals surface area contributed by atoms with E-state index in [9.17, 15) is 23.1 Å². The molecule has 0 saturated heterocycles. The molecule has 1 aliphatic heterocycles. The number of hydrogen-bond donors (Lipinski definition) is 2. The van der Waals surface area contributed by atoms with Crippen LogP contribution in [-0.4, -0.2) is 73.4 Å². The van der Waals surface area contributed by atoms with E-state index in [1.165, 1.54) is 11.4 Å². The van der Waals surface area contributed by atoms with E-state index in [0.29, 0.717) is 11.4 Å². The van der Waals surface area contributed by atoms with E-state index in [1.54, 1.807) is 47.5 Å². The number of aliphatic hydroxyl groups is 1. The molecule has 1 aliphatic carbocycles. The third kappa shape index (κ3) is 6.22. The standard InChI is InChI=1S/C27H37N3O6S2/c1-18-15-30(19(2)17-31)27(33)22-14-21(28-26(32)20-8-5-4-6-9-20)11-12-23(22)36-24(18)16-29(3)38(34,35)25-10-7-13-37-25/h7,10-14,18-20,24,31H,4-6,8-9,15-17H2,1-3H3,(H,28,32)/t18-,19-,24-/m1/s1. The summed E-state index contributed by atoms with van der Waals surface area (Å²) in [5, 5.41) is 14.6. The van der Waals surface area contributed by atoms with Crippen molar-refractivity contribution in [2.24, 2.45) is 11.8 Å². The molecule has 1 fully saturated rings. The lowest BCUT2D eigenvalue weighted by molar-refractivity contribution is -0.120. The Hall–Kier alpha value is -2.47. The van der Waals surface area contributed by atoms with Gasteiger partial charge in [0.2, 0.25) is 5.91 Å². The average molecular weight is 564 g/mol. The summed E-state index contributed by atoms with van der Waals surface area (Å²) < 4.78 is 34.0. The van der Waals surface area contributed by atoms with Gasteiger partial charge in [-0.25, -0.2) is 8.42 Å². The predicted octanol–water partition coefficient (Wildman–Crippen LogP) is 3.81. The molecular formula is C27H37N3O6S2. The number of benzene rings is 1. The zero-order chi connectivity index (χ0) is 27.4. The lowest BCUT2D eigenvalue weighted by Crippen LogP contribution is -2.50. The zero-order valence-corrected chi connectivity index (χ0v) is 23.8. The maximum Gasteiger partial charge on any atom is 0.258 e. The fourth-order valence-electron chi connectivity index (χ4n) is 5.04. The number of rotatable bonds is 8. The molecule has 9 nitrogen and oxygen atoms in total. The monoisotopic (exact) mass is 563 g/mol. The molecule has 38 heavy (non-hydrogen) atoms. The number of amides is 2. The summed E-state index contributed by atoms with van der Waals surface area (Å²) in [5.41, 5.74) is 0.780. The Kier molecular flexibility index (Phi) is 9.12. The molecule has 0 spiro atoms. The molecule has 2 aromatic rings. The number of thiophene rings is 1. The Morgan fingerprint density at radius 2 is 2.00 bits per heavy atom. The van der Waals surface area contributed by atoms with Gasteiger partial charge in [-0.05, 0) is 49.4 Å². The Morgan fingerprint density at radius 1 is 1.26 bits per heavy atom. The largest absolute Gasteiger partial charge is 0.488 e. The highest BCUT2D eigenvalue weighted by atomic mass is 32.2. The highest BCUT2D eigenvalue weighted by Crippen LogP contribution is 2.32. The first-order valence-electron chi connectivity index (χ1n) is 13.1. The van der Waals surface area contributed by atoms with Gasteiger partial charge in [0.05, 0.1) is 24.8 Å². The van der Waals surface area contributed by atoms with E-state index in [-0.39, 0.29) is 53.1 Å². The minimum Gasteiger partial charge on any atom is -0.488 e.